The van der Waals surface area contributed by atoms with Gasteiger partial charge in [0.2, 0.25) is 0 Å². The topological polar surface area (TPSA) is 36.9 Å². The van der Waals surface area contributed by atoms with Crippen LogP contribution < -0.4 is 52.9 Å². The quantitative estimate of drug-likeness (QED) is 0.0940. The van der Waals surface area contributed by atoms with Crippen molar-refractivity contribution in [3.63, 3.8) is 0 Å². The van der Waals surface area contributed by atoms with Gasteiger partial charge in [-0.25, -0.2) is 0 Å². The summed E-state index contributed by atoms with van der Waals surface area (Å²) in [4.78, 5) is 0. The molecule has 0 unspecified atom stereocenters. The normalized spacial score (nSPS) is 11.2. The van der Waals surface area contributed by atoms with Crippen LogP contribution in [-0.2, 0) is 52.6 Å². The Bertz CT molecular complexity index is 2110. The second kappa shape index (κ2) is 23.2. The molecule has 0 radical (unpaired) electrons. The Balaban J connectivity index is 0.00000363. The largest absolute Gasteiger partial charge is 1.00 e. The Kier molecular flexibility index (Phi) is 17.8. The van der Waals surface area contributed by atoms with Crippen LogP contribution >= 0.6 is 0 Å². The summed E-state index contributed by atoms with van der Waals surface area (Å²) in [5.41, 5.74) is 9.48. The molecule has 0 bridgehead atoms. The first-order valence-corrected chi connectivity index (χ1v) is 20.8. The monoisotopic (exact) mass is 956 g/mol. The van der Waals surface area contributed by atoms with Crippen molar-refractivity contribution >= 4 is 0 Å². The summed E-state index contributed by atoms with van der Waals surface area (Å²) in [7, 11) is 9.16. The number of halogens is 2. The van der Waals surface area contributed by atoms with Crippen molar-refractivity contribution in [3.05, 3.63) is 226 Å². The van der Waals surface area contributed by atoms with Crippen molar-refractivity contribution in [1.82, 2.24) is 0 Å². The van der Waals surface area contributed by atoms with Crippen molar-refractivity contribution in [2.24, 2.45) is 0 Å². The summed E-state index contributed by atoms with van der Waals surface area (Å²) in [6.45, 7) is 5.37. The minimum absolute atomic E-state index is 0. The molecular weight excluding hydrogens is 900 g/mol. The molecule has 322 valence electrons. The number of hydrogen-bond donors (Lipinski definition) is 0. The molecule has 62 heavy (non-hydrogen) atoms. The minimum atomic E-state index is 0. The van der Waals surface area contributed by atoms with E-state index in [1.165, 1.54) is 22.3 Å². The van der Waals surface area contributed by atoms with Crippen molar-refractivity contribution in [3.8, 4) is 23.0 Å². The maximum absolute atomic E-state index is 6.33. The van der Waals surface area contributed by atoms with Crippen LogP contribution in [0, 0.1) is 0 Å². The predicted molar refractivity (Wildman–Crippen MR) is 241 cm³/mol. The number of quaternary nitrogens is 2. The van der Waals surface area contributed by atoms with Crippen LogP contribution in [0.5, 0.6) is 23.0 Å². The number of ether oxygens (including phenoxy) is 4. The van der Waals surface area contributed by atoms with Crippen LogP contribution in [0.1, 0.15) is 44.5 Å². The van der Waals surface area contributed by atoms with Crippen LogP contribution in [0.2, 0.25) is 0 Å². The third kappa shape index (κ3) is 15.5. The van der Waals surface area contributed by atoms with Gasteiger partial charge in [0, 0.05) is 34.4 Å². The van der Waals surface area contributed by atoms with E-state index in [1.54, 1.807) is 0 Å². The molecule has 0 aromatic heterocycles. The molecule has 6 nitrogen and oxygen atoms in total. The maximum atomic E-state index is 6.33. The first-order chi connectivity index (χ1) is 29.1. The molecule has 0 fully saturated rings. The summed E-state index contributed by atoms with van der Waals surface area (Å²) in [5, 5.41) is 0. The summed E-state index contributed by atoms with van der Waals surface area (Å²) in [6, 6.07) is 62.9. The lowest BCUT2D eigenvalue weighted by atomic mass is 10.1. The standard InChI is InChI=1S/C54H58N2O4.2BrH/c1-55(2,37-49-29-51(57-39-43-18-9-5-10-19-43)33-52(30-49)58-40-44-20-11-6-12-21-44)35-47-26-17-27-48(28-47)36-56(3,4)38-50-31-53(59-41-45-22-13-7-14-23-45)34-54(32-50)60-42-46-24-15-8-16-25-46;;/h5-34H,35-42H2,1-4H3;2*1H/q+2;;/p-2. The van der Waals surface area contributed by atoms with E-state index >= 15 is 0 Å². The fraction of sp³-hybridized carbons (Fsp3) is 0.222. The van der Waals surface area contributed by atoms with Crippen molar-refractivity contribution in [1.29, 1.82) is 0 Å². The third-order valence-electron chi connectivity index (χ3n) is 10.3. The Hall–Kier alpha value is -5.38. The van der Waals surface area contributed by atoms with Crippen molar-refractivity contribution < 1.29 is 61.9 Å². The van der Waals surface area contributed by atoms with Gasteiger partial charge in [0.15, 0.2) is 0 Å². The maximum Gasteiger partial charge on any atom is 0.124 e. The lowest BCUT2D eigenvalue weighted by Gasteiger charge is -2.32. The minimum Gasteiger partial charge on any atom is -1.00 e. The van der Waals surface area contributed by atoms with E-state index in [-0.39, 0.29) is 34.0 Å². The molecule has 7 aromatic rings. The highest BCUT2D eigenvalue weighted by Gasteiger charge is 2.22. The van der Waals surface area contributed by atoms with E-state index in [4.69, 9.17) is 18.9 Å². The van der Waals surface area contributed by atoms with Crippen molar-refractivity contribution in [2.45, 2.75) is 52.6 Å². The smallest absolute Gasteiger partial charge is 0.124 e. The first-order valence-electron chi connectivity index (χ1n) is 20.8. The van der Waals surface area contributed by atoms with E-state index in [9.17, 15) is 0 Å². The average molecular weight is 959 g/mol. The number of rotatable bonds is 20. The zero-order valence-electron chi connectivity index (χ0n) is 36.3. The van der Waals surface area contributed by atoms with Gasteiger partial charge in [-0.1, -0.05) is 140 Å². The van der Waals surface area contributed by atoms with Gasteiger partial charge in [0.1, 0.15) is 75.6 Å². The van der Waals surface area contributed by atoms with Gasteiger partial charge < -0.3 is 61.9 Å². The lowest BCUT2D eigenvalue weighted by molar-refractivity contribution is -0.917. The molecule has 0 spiro atoms. The molecule has 0 aliphatic rings. The third-order valence-corrected chi connectivity index (χ3v) is 10.3. The lowest BCUT2D eigenvalue weighted by Crippen LogP contribution is -3.00. The highest BCUT2D eigenvalue weighted by molar-refractivity contribution is 5.40. The zero-order valence-corrected chi connectivity index (χ0v) is 39.4. The molecule has 0 aliphatic heterocycles. The van der Waals surface area contributed by atoms with Crippen LogP contribution in [0.25, 0.3) is 0 Å². The number of nitrogens with zero attached hydrogens (tertiary/aromatic N) is 2. The van der Waals surface area contributed by atoms with Gasteiger partial charge in [0.25, 0.3) is 0 Å². The summed E-state index contributed by atoms with van der Waals surface area (Å²) in [5.74, 6) is 3.24. The second-order valence-corrected chi connectivity index (χ2v) is 17.0. The SMILES string of the molecule is C[N+](C)(Cc1cccc(C[N+](C)(C)Cc2cc(OCc3ccccc3)cc(OCc3ccccc3)c2)c1)Cc1cc(OCc2ccccc2)cc(OCc2ccccc2)c1.[Br-].[Br-]. The summed E-state index contributed by atoms with van der Waals surface area (Å²) >= 11 is 0. The molecule has 0 saturated carbocycles. The van der Waals surface area contributed by atoms with E-state index < -0.39 is 0 Å². The predicted octanol–water partition coefficient (Wildman–Crippen LogP) is 5.56. The van der Waals surface area contributed by atoms with Crippen LogP contribution in [0.3, 0.4) is 0 Å². The fourth-order valence-electron chi connectivity index (χ4n) is 7.66. The van der Waals surface area contributed by atoms with E-state index in [2.05, 4.69) is 125 Å². The van der Waals surface area contributed by atoms with Gasteiger partial charge >= 0.3 is 0 Å². The second-order valence-electron chi connectivity index (χ2n) is 17.0. The zero-order chi connectivity index (χ0) is 41.6. The Morgan fingerprint density at radius 2 is 0.516 bits per heavy atom. The Morgan fingerprint density at radius 3 is 0.790 bits per heavy atom. The molecule has 8 heteroatoms. The van der Waals surface area contributed by atoms with Gasteiger partial charge in [-0.2, -0.15) is 0 Å². The molecular formula is C54H58Br2N2O4. The van der Waals surface area contributed by atoms with Gasteiger partial charge in [-0.15, -0.1) is 0 Å². The molecule has 0 saturated heterocycles. The van der Waals surface area contributed by atoms with Crippen LogP contribution in [-0.4, -0.2) is 37.2 Å². The molecule has 0 N–H and O–H groups in total. The molecule has 0 aliphatic carbocycles. The van der Waals surface area contributed by atoms with Gasteiger partial charge in [0.05, 0.1) is 28.2 Å². The van der Waals surface area contributed by atoms with Crippen LogP contribution in [0.15, 0.2) is 182 Å². The Morgan fingerprint density at radius 1 is 0.274 bits per heavy atom. The molecule has 7 aromatic carbocycles. The Labute approximate surface area is 390 Å². The number of benzene rings is 7. The molecule has 7 rings (SSSR count). The average Bonchev–Trinajstić information content (AvgIpc) is 3.24. The van der Waals surface area contributed by atoms with E-state index in [0.29, 0.717) is 26.4 Å². The highest BCUT2D eigenvalue weighted by Crippen LogP contribution is 2.29. The van der Waals surface area contributed by atoms with Crippen molar-refractivity contribution in [2.75, 3.05) is 28.2 Å². The number of hydrogen-bond acceptors (Lipinski definition) is 4. The fourth-order valence-corrected chi connectivity index (χ4v) is 7.66. The first kappa shape index (κ1) is 47.7. The molecule has 0 atom stereocenters. The highest BCUT2D eigenvalue weighted by atomic mass is 79.9. The summed E-state index contributed by atoms with van der Waals surface area (Å²) in [6.07, 6.45) is 0. The van der Waals surface area contributed by atoms with E-state index in [1.807, 2.05) is 84.9 Å². The van der Waals surface area contributed by atoms with E-state index in [0.717, 1.165) is 80.4 Å². The molecule has 0 heterocycles. The molecule has 0 amide bonds. The summed E-state index contributed by atoms with van der Waals surface area (Å²) < 4.78 is 26.9. The van der Waals surface area contributed by atoms with Crippen LogP contribution in [0.4, 0.5) is 0 Å². The van der Waals surface area contributed by atoms with Gasteiger partial charge in [-0.3, -0.25) is 0 Å². The van der Waals surface area contributed by atoms with Gasteiger partial charge in [-0.05, 0) is 52.6 Å².